The summed E-state index contributed by atoms with van der Waals surface area (Å²) < 4.78 is 34.0. The van der Waals surface area contributed by atoms with Gasteiger partial charge in [0.25, 0.3) is 5.91 Å². The quantitative estimate of drug-likeness (QED) is 0.762. The number of methoxy groups -OCH3 is 1. The Balaban J connectivity index is 1.56. The summed E-state index contributed by atoms with van der Waals surface area (Å²) in [5.41, 5.74) is 3.39. The second-order valence-corrected chi connectivity index (χ2v) is 6.31. The van der Waals surface area contributed by atoms with E-state index in [1.54, 1.807) is 0 Å². The van der Waals surface area contributed by atoms with E-state index in [1.807, 2.05) is 18.2 Å². The Morgan fingerprint density at radius 2 is 1.86 bits per heavy atom. The molecule has 0 radical (unpaired) electrons. The van der Waals surface area contributed by atoms with Crippen LogP contribution >= 0.6 is 0 Å². The van der Waals surface area contributed by atoms with Crippen LogP contribution in [0.3, 0.4) is 0 Å². The molecule has 2 amide bonds. The standard InChI is InChI=1S/C20H20F2N2O4/c1-27-17-10-14(6-8-16(17)28-20(21)22)19(26)23-11-18(25)24-15-7-5-12-3-2-4-13(12)9-15/h5-10,20H,2-4,11H2,1H3,(H,23,26)(H,24,25). The van der Waals surface area contributed by atoms with Crippen LogP contribution in [0.4, 0.5) is 14.5 Å². The van der Waals surface area contributed by atoms with E-state index in [0.29, 0.717) is 5.69 Å². The Morgan fingerprint density at radius 1 is 1.07 bits per heavy atom. The number of amides is 2. The lowest BCUT2D eigenvalue weighted by Crippen LogP contribution is -2.32. The third-order valence-electron chi connectivity index (χ3n) is 4.43. The summed E-state index contributed by atoms with van der Waals surface area (Å²) >= 11 is 0. The lowest BCUT2D eigenvalue weighted by Gasteiger charge is -2.12. The smallest absolute Gasteiger partial charge is 0.387 e. The van der Waals surface area contributed by atoms with Crippen LogP contribution in [0.2, 0.25) is 0 Å². The number of nitrogens with one attached hydrogen (secondary N) is 2. The van der Waals surface area contributed by atoms with Crippen molar-refractivity contribution in [1.82, 2.24) is 5.32 Å². The molecule has 148 valence electrons. The van der Waals surface area contributed by atoms with Gasteiger partial charge in [-0.2, -0.15) is 8.78 Å². The lowest BCUT2D eigenvalue weighted by atomic mass is 10.1. The minimum absolute atomic E-state index is 0.00413. The molecule has 0 heterocycles. The summed E-state index contributed by atoms with van der Waals surface area (Å²) in [4.78, 5) is 24.3. The summed E-state index contributed by atoms with van der Waals surface area (Å²) in [6, 6.07) is 9.60. The maximum absolute atomic E-state index is 12.4. The topological polar surface area (TPSA) is 76.7 Å². The molecule has 6 nitrogen and oxygen atoms in total. The summed E-state index contributed by atoms with van der Waals surface area (Å²) in [7, 11) is 1.28. The molecule has 3 rings (SSSR count). The van der Waals surface area contributed by atoms with E-state index < -0.39 is 12.5 Å². The average molecular weight is 390 g/mol. The zero-order valence-corrected chi connectivity index (χ0v) is 15.3. The first-order valence-corrected chi connectivity index (χ1v) is 8.79. The van der Waals surface area contributed by atoms with Crippen molar-refractivity contribution in [3.8, 4) is 11.5 Å². The van der Waals surface area contributed by atoms with Crippen LogP contribution in [-0.2, 0) is 17.6 Å². The Morgan fingerprint density at radius 3 is 2.61 bits per heavy atom. The van der Waals surface area contributed by atoms with Gasteiger partial charge in [0.05, 0.1) is 13.7 Å². The molecule has 2 N–H and O–H groups in total. The SMILES string of the molecule is COc1cc(C(=O)NCC(=O)Nc2ccc3c(c2)CCC3)ccc1OC(F)F. The molecule has 0 aliphatic heterocycles. The van der Waals surface area contributed by atoms with Crippen molar-refractivity contribution in [3.63, 3.8) is 0 Å². The number of carbonyl (C=O) groups excluding carboxylic acids is 2. The van der Waals surface area contributed by atoms with Gasteiger partial charge in [-0.15, -0.1) is 0 Å². The summed E-state index contributed by atoms with van der Waals surface area (Å²) in [6.45, 7) is -3.23. The van der Waals surface area contributed by atoms with Crippen LogP contribution in [0.5, 0.6) is 11.5 Å². The molecule has 0 spiro atoms. The van der Waals surface area contributed by atoms with Crippen LogP contribution in [0.1, 0.15) is 27.9 Å². The second-order valence-electron chi connectivity index (χ2n) is 6.31. The Labute approximate surface area is 160 Å². The molecule has 2 aromatic carbocycles. The fraction of sp³-hybridized carbons (Fsp3) is 0.300. The van der Waals surface area contributed by atoms with Gasteiger partial charge in [-0.3, -0.25) is 9.59 Å². The van der Waals surface area contributed by atoms with Crippen LogP contribution < -0.4 is 20.1 Å². The maximum Gasteiger partial charge on any atom is 0.387 e. The molecule has 8 heteroatoms. The molecule has 1 aliphatic carbocycles. The predicted octanol–water partition coefficient (Wildman–Crippen LogP) is 3.15. The number of alkyl halides is 2. The Bertz CT molecular complexity index is 887. The molecule has 0 aromatic heterocycles. The van der Waals surface area contributed by atoms with Crippen LogP contribution in [0, 0.1) is 0 Å². The van der Waals surface area contributed by atoms with Crippen molar-refractivity contribution in [2.24, 2.45) is 0 Å². The van der Waals surface area contributed by atoms with Crippen molar-refractivity contribution >= 4 is 17.5 Å². The largest absolute Gasteiger partial charge is 0.493 e. The minimum atomic E-state index is -3.00. The van der Waals surface area contributed by atoms with Gasteiger partial charge >= 0.3 is 6.61 Å². The van der Waals surface area contributed by atoms with E-state index in [-0.39, 0.29) is 29.5 Å². The fourth-order valence-corrected chi connectivity index (χ4v) is 3.12. The van der Waals surface area contributed by atoms with Crippen LogP contribution in [0.25, 0.3) is 0 Å². The normalized spacial score (nSPS) is 12.4. The van der Waals surface area contributed by atoms with Crippen molar-refractivity contribution in [3.05, 3.63) is 53.1 Å². The number of anilines is 1. The molecule has 0 atom stereocenters. The number of carbonyl (C=O) groups is 2. The van der Waals surface area contributed by atoms with E-state index in [0.717, 1.165) is 19.3 Å². The van der Waals surface area contributed by atoms with Crippen molar-refractivity contribution < 1.29 is 27.8 Å². The molecule has 2 aromatic rings. The van der Waals surface area contributed by atoms with E-state index in [4.69, 9.17) is 4.74 Å². The first-order chi connectivity index (χ1) is 13.5. The van der Waals surface area contributed by atoms with E-state index in [9.17, 15) is 18.4 Å². The van der Waals surface area contributed by atoms with E-state index in [2.05, 4.69) is 15.4 Å². The highest BCUT2D eigenvalue weighted by molar-refractivity contribution is 5.99. The highest BCUT2D eigenvalue weighted by Crippen LogP contribution is 2.29. The zero-order valence-electron chi connectivity index (χ0n) is 15.3. The van der Waals surface area contributed by atoms with Gasteiger partial charge in [0, 0.05) is 11.3 Å². The minimum Gasteiger partial charge on any atom is -0.493 e. The summed E-state index contributed by atoms with van der Waals surface area (Å²) in [5.74, 6) is -1.08. The average Bonchev–Trinajstić information content (AvgIpc) is 3.13. The highest BCUT2D eigenvalue weighted by atomic mass is 19.3. The third kappa shape index (κ3) is 4.76. The van der Waals surface area contributed by atoms with Gasteiger partial charge in [-0.05, 0) is 60.7 Å². The highest BCUT2D eigenvalue weighted by Gasteiger charge is 2.15. The number of aryl methyl sites for hydroxylation is 2. The number of benzene rings is 2. The van der Waals surface area contributed by atoms with Crippen LogP contribution in [0.15, 0.2) is 36.4 Å². The maximum atomic E-state index is 12.4. The number of rotatable bonds is 7. The van der Waals surface area contributed by atoms with Crippen LogP contribution in [-0.4, -0.2) is 32.1 Å². The molecule has 1 aliphatic rings. The van der Waals surface area contributed by atoms with Crippen molar-refractivity contribution in [1.29, 1.82) is 0 Å². The molecule has 28 heavy (non-hydrogen) atoms. The van der Waals surface area contributed by atoms with Gasteiger partial charge < -0.3 is 20.1 Å². The monoisotopic (exact) mass is 390 g/mol. The molecule has 0 saturated carbocycles. The van der Waals surface area contributed by atoms with Gasteiger partial charge in [0.1, 0.15) is 0 Å². The Kier molecular flexibility index (Phi) is 6.08. The third-order valence-corrected chi connectivity index (χ3v) is 4.43. The van der Waals surface area contributed by atoms with E-state index >= 15 is 0 Å². The Hall–Kier alpha value is -3.16. The number of ether oxygens (including phenoxy) is 2. The van der Waals surface area contributed by atoms with Gasteiger partial charge in [0.2, 0.25) is 5.91 Å². The van der Waals surface area contributed by atoms with Gasteiger partial charge in [0.15, 0.2) is 11.5 Å². The number of hydrogen-bond donors (Lipinski definition) is 2. The van der Waals surface area contributed by atoms with Crippen molar-refractivity contribution in [2.75, 3.05) is 19.0 Å². The molecule has 0 unspecified atom stereocenters. The fourth-order valence-electron chi connectivity index (χ4n) is 3.12. The second kappa shape index (κ2) is 8.69. The summed E-state index contributed by atoms with van der Waals surface area (Å²) in [5, 5.41) is 5.24. The molecular weight excluding hydrogens is 370 g/mol. The summed E-state index contributed by atoms with van der Waals surface area (Å²) in [6.07, 6.45) is 3.18. The molecule has 0 saturated heterocycles. The number of halogens is 2. The van der Waals surface area contributed by atoms with Gasteiger partial charge in [-0.25, -0.2) is 0 Å². The number of fused-ring (bicyclic) bond motifs is 1. The lowest BCUT2D eigenvalue weighted by molar-refractivity contribution is -0.115. The molecule has 0 bridgehead atoms. The molecular formula is C20H20F2N2O4. The molecule has 0 fully saturated rings. The zero-order chi connectivity index (χ0) is 20.1. The first-order valence-electron chi connectivity index (χ1n) is 8.79. The van der Waals surface area contributed by atoms with Gasteiger partial charge in [-0.1, -0.05) is 6.07 Å². The number of hydrogen-bond acceptors (Lipinski definition) is 4. The predicted molar refractivity (Wildman–Crippen MR) is 99.1 cm³/mol. The first kappa shape index (κ1) is 19.6. The van der Waals surface area contributed by atoms with Crippen molar-refractivity contribution in [2.45, 2.75) is 25.9 Å². The van der Waals surface area contributed by atoms with E-state index in [1.165, 1.54) is 36.4 Å².